The number of aliphatic hydroxyl groups is 1. The molecule has 1 aliphatic rings. The molecular weight excluding hydrogens is 619 g/mol. The summed E-state index contributed by atoms with van der Waals surface area (Å²) in [7, 11) is -16.8. The van der Waals surface area contributed by atoms with E-state index in [2.05, 4.69) is 30.3 Å². The Labute approximate surface area is 233 Å². The Hall–Kier alpha value is -2.04. The number of carbonyl (C=O) groups is 3. The van der Waals surface area contributed by atoms with Gasteiger partial charge in [0.05, 0.1) is 25.3 Å². The molecule has 1 aliphatic heterocycles. The maximum atomic E-state index is 12.0. The third-order valence-corrected chi connectivity index (χ3v) is 8.70. The highest BCUT2D eigenvalue weighted by molar-refractivity contribution is 7.66. The van der Waals surface area contributed by atoms with Gasteiger partial charge in [0.25, 0.3) is 5.91 Å². The van der Waals surface area contributed by atoms with Gasteiger partial charge in [-0.3, -0.25) is 23.8 Å². The highest BCUT2D eigenvalue weighted by Gasteiger charge is 2.43. The fourth-order valence-corrected chi connectivity index (χ4v) is 6.08. The molecule has 1 fully saturated rings. The van der Waals surface area contributed by atoms with E-state index in [4.69, 9.17) is 36.6 Å². The van der Waals surface area contributed by atoms with Crippen LogP contribution in [0.4, 0.5) is 0 Å². The predicted molar refractivity (Wildman–Crippen MR) is 136 cm³/mol. The highest BCUT2D eigenvalue weighted by atomic mass is 31.3. The Balaban J connectivity index is 2.79. The third-order valence-electron chi connectivity index (χ3n) is 4.90. The summed E-state index contributed by atoms with van der Waals surface area (Å²) in [6, 6.07) is -0.782. The van der Waals surface area contributed by atoms with E-state index in [1.807, 2.05) is 0 Å². The first-order chi connectivity index (χ1) is 18.9. The molecule has 3 amide bonds. The van der Waals surface area contributed by atoms with Crippen LogP contribution in [0.25, 0.3) is 0 Å². The van der Waals surface area contributed by atoms with Crippen molar-refractivity contribution in [2.24, 2.45) is 17.2 Å². The largest absolute Gasteiger partial charge is 0.490 e. The maximum Gasteiger partial charge on any atom is 0.490 e. The van der Waals surface area contributed by atoms with Crippen molar-refractivity contribution in [2.45, 2.75) is 50.2 Å². The van der Waals surface area contributed by atoms with Crippen molar-refractivity contribution in [1.29, 1.82) is 0 Å². The zero-order chi connectivity index (χ0) is 31.4. The number of nitrogens with zero attached hydrogens (tertiary/aromatic N) is 1. The molecule has 12 N–H and O–H groups in total. The minimum absolute atomic E-state index is 0.189. The summed E-state index contributed by atoms with van der Waals surface area (Å²) in [5.41, 5.74) is 16.0. The minimum Gasteiger partial charge on any atom is -0.390 e. The number of amides is 3. The van der Waals surface area contributed by atoms with Gasteiger partial charge >= 0.3 is 23.5 Å². The van der Waals surface area contributed by atoms with Gasteiger partial charge in [-0.2, -0.15) is 8.62 Å². The van der Waals surface area contributed by atoms with Crippen molar-refractivity contribution in [3.05, 3.63) is 11.8 Å². The van der Waals surface area contributed by atoms with E-state index in [9.17, 15) is 38.1 Å². The number of rotatable bonds is 17. The normalized spacial score (nSPS) is 22.9. The first kappa shape index (κ1) is 37.0. The van der Waals surface area contributed by atoms with Crippen LogP contribution >= 0.6 is 23.5 Å². The molecule has 0 radical (unpaired) electrons. The van der Waals surface area contributed by atoms with Crippen LogP contribution in [0, 0.1) is 11.8 Å². The molecule has 234 valence electrons. The Morgan fingerprint density at radius 2 is 1.80 bits per heavy atom. The number of unbranched alkanes of at least 4 members (excludes halogenated alkanes) is 1. The Morgan fingerprint density at radius 1 is 1.15 bits per heavy atom. The maximum absolute atomic E-state index is 12.0. The van der Waals surface area contributed by atoms with E-state index in [0.717, 1.165) is 11.1 Å². The molecule has 23 heteroatoms. The number of carbonyl (C=O) groups excluding carboxylic acids is 3. The van der Waals surface area contributed by atoms with Crippen LogP contribution < -0.4 is 22.5 Å². The van der Waals surface area contributed by atoms with Gasteiger partial charge in [0.15, 0.2) is 0 Å². The van der Waals surface area contributed by atoms with Gasteiger partial charge in [0.1, 0.15) is 17.9 Å². The molecule has 0 bridgehead atoms. The summed E-state index contributed by atoms with van der Waals surface area (Å²) in [5, 5.41) is 12.6. The van der Waals surface area contributed by atoms with E-state index < -0.39 is 71.9 Å². The topological polar surface area (TPSA) is 334 Å². The van der Waals surface area contributed by atoms with E-state index >= 15 is 0 Å². The second-order valence-electron chi connectivity index (χ2n) is 8.19. The average molecular weight is 651 g/mol. The molecule has 20 nitrogen and oxygen atoms in total. The van der Waals surface area contributed by atoms with Gasteiger partial charge in [-0.1, -0.05) is 18.3 Å². The molecule has 0 aromatic heterocycles. The number of primary amides is 1. The van der Waals surface area contributed by atoms with Gasteiger partial charge in [0.2, 0.25) is 12.3 Å². The lowest BCUT2D eigenvalue weighted by Gasteiger charge is -2.22. The van der Waals surface area contributed by atoms with Gasteiger partial charge < -0.3 is 51.9 Å². The summed E-state index contributed by atoms with van der Waals surface area (Å²) in [6.45, 7) is -0.724. The number of nitrogens with two attached hydrogens (primary N) is 3. The molecule has 1 saturated heterocycles. The molecule has 1 rings (SSSR count). The second kappa shape index (κ2) is 16.6. The average Bonchev–Trinajstić information content (AvgIpc) is 3.19. The molecule has 0 aliphatic carbocycles. The Kier molecular flexibility index (Phi) is 14.9. The van der Waals surface area contributed by atoms with E-state index in [1.54, 1.807) is 0 Å². The standard InChI is InChI=1S/C18H32N5O15P3/c19-6-2-1-5-13(20)18(27)22-7-3-4-12(17(21)26)9-23(11-24)16-8-14(25)15(36-16)10-35-40(31,32)38-41(33,34)37-39(28,29)30/h9,11,13-16,25H,1-2,5-8,10,19-20H2,(H2,21,26)(H,22,27)(H,31,32)(H,33,34)(H2,28,29,30)/b12-9-/t13?,14-,15-,16-/m1/s1. The van der Waals surface area contributed by atoms with Crippen LogP contribution in [0.1, 0.15) is 25.7 Å². The third kappa shape index (κ3) is 14.6. The zero-order valence-corrected chi connectivity index (χ0v) is 23.9. The second-order valence-corrected chi connectivity index (χ2v) is 12.6. The Bertz CT molecular complexity index is 1170. The number of aliphatic hydroxyl groups excluding tert-OH is 1. The summed E-state index contributed by atoms with van der Waals surface area (Å²) in [6.07, 6.45) is -1.63. The van der Waals surface area contributed by atoms with E-state index in [0.29, 0.717) is 25.8 Å². The number of hydrogen-bond acceptors (Lipinski definition) is 13. The van der Waals surface area contributed by atoms with Gasteiger partial charge in [-0.05, 0) is 19.4 Å². The summed E-state index contributed by atoms with van der Waals surface area (Å²) in [4.78, 5) is 71.9. The minimum atomic E-state index is -5.76. The number of hydrogen-bond donors (Lipinski definition) is 9. The van der Waals surface area contributed by atoms with Crippen molar-refractivity contribution in [1.82, 2.24) is 10.2 Å². The van der Waals surface area contributed by atoms with Crippen molar-refractivity contribution >= 4 is 41.7 Å². The predicted octanol–water partition coefficient (Wildman–Crippen LogP) is -2.79. The van der Waals surface area contributed by atoms with Gasteiger partial charge in [-0.25, -0.2) is 13.7 Å². The Morgan fingerprint density at radius 3 is 2.37 bits per heavy atom. The molecule has 6 atom stereocenters. The summed E-state index contributed by atoms with van der Waals surface area (Å²) in [5.74, 6) is 3.31. The lowest BCUT2D eigenvalue weighted by molar-refractivity contribution is -0.128. The molecule has 41 heavy (non-hydrogen) atoms. The fraction of sp³-hybridized carbons (Fsp3) is 0.611. The SMILES string of the molecule is NCCCCC(N)C(=O)NCC#C/C(=C/N(C=O)[C@H]1C[C@@H](O)[C@@H](COP(=O)(O)OP(=O)(O)OP(=O)(O)O)O1)C(N)=O. The lowest BCUT2D eigenvalue weighted by Crippen LogP contribution is -2.40. The van der Waals surface area contributed by atoms with E-state index in [-0.39, 0.29) is 19.4 Å². The smallest absolute Gasteiger partial charge is 0.390 e. The number of phosphoric ester groups is 1. The molecule has 3 unspecified atom stereocenters. The molecule has 1 heterocycles. The molecular formula is C18H32N5O15P3. The van der Waals surface area contributed by atoms with Crippen molar-refractivity contribution in [3.63, 3.8) is 0 Å². The number of ether oxygens (including phenoxy) is 1. The van der Waals surface area contributed by atoms with E-state index in [1.165, 1.54) is 0 Å². The monoisotopic (exact) mass is 651 g/mol. The lowest BCUT2D eigenvalue weighted by atomic mass is 10.1. The molecule has 0 aromatic rings. The molecule has 0 spiro atoms. The van der Waals surface area contributed by atoms with Crippen LogP contribution in [0.15, 0.2) is 11.8 Å². The van der Waals surface area contributed by atoms with Crippen LogP contribution in [0.3, 0.4) is 0 Å². The van der Waals surface area contributed by atoms with Crippen LogP contribution in [0.5, 0.6) is 0 Å². The molecule has 0 aromatic carbocycles. The zero-order valence-electron chi connectivity index (χ0n) is 21.3. The van der Waals surface area contributed by atoms with Crippen LogP contribution in [-0.4, -0.2) is 92.0 Å². The summed E-state index contributed by atoms with van der Waals surface area (Å²) >= 11 is 0. The van der Waals surface area contributed by atoms with Crippen LogP contribution in [-0.2, 0) is 46.0 Å². The van der Waals surface area contributed by atoms with Crippen LogP contribution in [0.2, 0.25) is 0 Å². The first-order valence-electron chi connectivity index (χ1n) is 11.5. The van der Waals surface area contributed by atoms with Crippen molar-refractivity contribution in [2.75, 3.05) is 19.7 Å². The fourth-order valence-electron chi connectivity index (χ4n) is 3.05. The quantitative estimate of drug-likeness (QED) is 0.0252. The van der Waals surface area contributed by atoms with Crippen molar-refractivity contribution in [3.8, 4) is 11.8 Å². The van der Waals surface area contributed by atoms with Gasteiger partial charge in [-0.15, -0.1) is 0 Å². The number of nitrogens with one attached hydrogen (secondary N) is 1. The first-order valence-corrected chi connectivity index (χ1v) is 16.0. The summed E-state index contributed by atoms with van der Waals surface area (Å²) < 4.78 is 50.8. The number of phosphoric acid groups is 3. The van der Waals surface area contributed by atoms with Crippen molar-refractivity contribution < 1.29 is 70.6 Å². The van der Waals surface area contributed by atoms with Gasteiger partial charge in [0, 0.05) is 12.6 Å². The highest BCUT2D eigenvalue weighted by Crippen LogP contribution is 2.66. The molecule has 0 saturated carbocycles.